The number of sulfone groups is 1. The Hall–Kier alpha value is -3.14. The molecule has 3 rings (SSSR count). The minimum atomic E-state index is -4.01. The Labute approximate surface area is 148 Å². The molecule has 0 bridgehead atoms. The number of hydrogen-bond donors (Lipinski definition) is 1. The summed E-state index contributed by atoms with van der Waals surface area (Å²) in [6, 6.07) is 10.4. The zero-order chi connectivity index (χ0) is 18.6. The topological polar surface area (TPSA) is 115 Å². The number of rotatable bonds is 6. The van der Waals surface area contributed by atoms with Gasteiger partial charge in [-0.05, 0) is 18.2 Å². The molecule has 10 heteroatoms. The SMILES string of the molecule is O=C(NCc1nnc(S(=O)(=O)Cc2ccccc2F)o1)c1ccccn1. The minimum absolute atomic E-state index is 0.00398. The Morgan fingerprint density at radius 1 is 1.12 bits per heavy atom. The third-order valence-electron chi connectivity index (χ3n) is 3.32. The number of carbonyl (C=O) groups is 1. The second-order valence-corrected chi connectivity index (χ2v) is 7.08. The van der Waals surface area contributed by atoms with E-state index in [1.54, 1.807) is 12.1 Å². The van der Waals surface area contributed by atoms with E-state index < -0.39 is 32.5 Å². The molecule has 3 aromatic rings. The van der Waals surface area contributed by atoms with Gasteiger partial charge in [-0.25, -0.2) is 12.8 Å². The summed E-state index contributed by atoms with van der Waals surface area (Å²) in [6.45, 7) is -0.169. The van der Waals surface area contributed by atoms with Crippen LogP contribution < -0.4 is 5.32 Å². The van der Waals surface area contributed by atoms with Crippen LogP contribution in [-0.4, -0.2) is 29.5 Å². The molecule has 1 aromatic carbocycles. The Balaban J connectivity index is 1.67. The van der Waals surface area contributed by atoms with Crippen LogP contribution in [0.3, 0.4) is 0 Å². The fourth-order valence-corrected chi connectivity index (χ4v) is 3.22. The molecule has 0 spiro atoms. The highest BCUT2D eigenvalue weighted by molar-refractivity contribution is 7.90. The second kappa shape index (κ2) is 7.40. The van der Waals surface area contributed by atoms with Gasteiger partial charge in [-0.15, -0.1) is 5.10 Å². The summed E-state index contributed by atoms with van der Waals surface area (Å²) >= 11 is 0. The molecular formula is C16H13FN4O4S. The molecular weight excluding hydrogens is 363 g/mol. The number of hydrogen-bond acceptors (Lipinski definition) is 7. The summed E-state index contributed by atoms with van der Waals surface area (Å²) in [5, 5.41) is 8.91. The molecule has 0 aliphatic rings. The van der Waals surface area contributed by atoms with Crippen molar-refractivity contribution in [3.8, 4) is 0 Å². The summed E-state index contributed by atoms with van der Waals surface area (Å²) in [6.07, 6.45) is 1.47. The molecule has 1 N–H and O–H groups in total. The van der Waals surface area contributed by atoms with Gasteiger partial charge in [0.1, 0.15) is 11.5 Å². The summed E-state index contributed by atoms with van der Waals surface area (Å²) in [5.41, 5.74) is 0.190. The normalized spacial score (nSPS) is 11.3. The molecule has 2 heterocycles. The molecule has 2 aromatic heterocycles. The van der Waals surface area contributed by atoms with Gasteiger partial charge in [-0.2, -0.15) is 0 Å². The van der Waals surface area contributed by atoms with E-state index in [9.17, 15) is 17.6 Å². The lowest BCUT2D eigenvalue weighted by Crippen LogP contribution is -2.23. The lowest BCUT2D eigenvalue weighted by molar-refractivity contribution is 0.0941. The molecule has 0 saturated carbocycles. The zero-order valence-corrected chi connectivity index (χ0v) is 14.1. The van der Waals surface area contributed by atoms with Crippen molar-refractivity contribution in [2.75, 3.05) is 0 Å². The van der Waals surface area contributed by atoms with Gasteiger partial charge in [0.25, 0.3) is 5.91 Å². The van der Waals surface area contributed by atoms with Crippen molar-refractivity contribution in [1.82, 2.24) is 20.5 Å². The Morgan fingerprint density at radius 2 is 1.88 bits per heavy atom. The van der Waals surface area contributed by atoms with Crippen molar-refractivity contribution in [3.63, 3.8) is 0 Å². The van der Waals surface area contributed by atoms with Gasteiger partial charge >= 0.3 is 5.22 Å². The summed E-state index contributed by atoms with van der Waals surface area (Å²) in [7, 11) is -4.01. The lowest BCUT2D eigenvalue weighted by Gasteiger charge is -2.02. The van der Waals surface area contributed by atoms with Crippen molar-refractivity contribution in [2.45, 2.75) is 17.5 Å². The van der Waals surface area contributed by atoms with Crippen LogP contribution >= 0.6 is 0 Å². The van der Waals surface area contributed by atoms with Crippen molar-refractivity contribution >= 4 is 15.7 Å². The number of carbonyl (C=O) groups excluding carboxylic acids is 1. The maximum absolute atomic E-state index is 13.6. The molecule has 26 heavy (non-hydrogen) atoms. The summed E-state index contributed by atoms with van der Waals surface area (Å²) in [5.74, 6) is -1.82. The van der Waals surface area contributed by atoms with Crippen LogP contribution in [0.15, 0.2) is 58.3 Å². The van der Waals surface area contributed by atoms with Gasteiger partial charge in [-0.3, -0.25) is 9.78 Å². The first-order valence-corrected chi connectivity index (χ1v) is 9.09. The van der Waals surface area contributed by atoms with Crippen LogP contribution in [0.2, 0.25) is 0 Å². The van der Waals surface area contributed by atoms with E-state index in [-0.39, 0.29) is 23.7 Å². The number of nitrogens with zero attached hydrogens (tertiary/aromatic N) is 3. The van der Waals surface area contributed by atoms with Gasteiger partial charge in [0.15, 0.2) is 0 Å². The van der Waals surface area contributed by atoms with Gasteiger partial charge in [0.05, 0.1) is 12.3 Å². The van der Waals surface area contributed by atoms with E-state index in [0.717, 1.165) is 6.07 Å². The highest BCUT2D eigenvalue weighted by Gasteiger charge is 2.24. The molecule has 0 radical (unpaired) electrons. The molecule has 134 valence electrons. The smallest absolute Gasteiger partial charge is 0.335 e. The first kappa shape index (κ1) is 17.7. The number of nitrogens with one attached hydrogen (secondary N) is 1. The number of aromatic nitrogens is 3. The third kappa shape index (κ3) is 4.09. The molecule has 0 aliphatic carbocycles. The molecule has 8 nitrogen and oxygen atoms in total. The van der Waals surface area contributed by atoms with E-state index in [1.807, 2.05) is 0 Å². The average molecular weight is 376 g/mol. The standard InChI is InChI=1S/C16H13FN4O4S/c17-12-6-2-1-5-11(12)10-26(23,24)16-21-20-14(25-16)9-19-15(22)13-7-3-4-8-18-13/h1-8H,9-10H2,(H,19,22). The van der Waals surface area contributed by atoms with E-state index in [4.69, 9.17) is 4.42 Å². The monoisotopic (exact) mass is 376 g/mol. The van der Waals surface area contributed by atoms with Gasteiger partial charge in [-0.1, -0.05) is 29.4 Å². The van der Waals surface area contributed by atoms with Gasteiger partial charge < -0.3 is 9.73 Å². The largest absolute Gasteiger partial charge is 0.411 e. The molecule has 0 fully saturated rings. The number of amides is 1. The fraction of sp³-hybridized carbons (Fsp3) is 0.125. The van der Waals surface area contributed by atoms with Gasteiger partial charge in [0, 0.05) is 11.8 Å². The van der Waals surface area contributed by atoms with Crippen molar-refractivity contribution in [3.05, 3.63) is 71.6 Å². The molecule has 0 aliphatic heterocycles. The first-order chi connectivity index (χ1) is 12.5. The van der Waals surface area contributed by atoms with E-state index in [0.29, 0.717) is 0 Å². The van der Waals surface area contributed by atoms with Crippen LogP contribution in [0.4, 0.5) is 4.39 Å². The minimum Gasteiger partial charge on any atom is -0.411 e. The highest BCUT2D eigenvalue weighted by Crippen LogP contribution is 2.17. The molecule has 0 saturated heterocycles. The van der Waals surface area contributed by atoms with Crippen LogP contribution in [0.5, 0.6) is 0 Å². The number of halogens is 1. The lowest BCUT2D eigenvalue weighted by atomic mass is 10.2. The van der Waals surface area contributed by atoms with E-state index in [1.165, 1.54) is 30.5 Å². The predicted molar refractivity (Wildman–Crippen MR) is 87.0 cm³/mol. The van der Waals surface area contributed by atoms with E-state index >= 15 is 0 Å². The average Bonchev–Trinajstić information content (AvgIpc) is 3.12. The first-order valence-electron chi connectivity index (χ1n) is 7.43. The predicted octanol–water partition coefficient (Wildman–Crippen LogP) is 1.51. The fourth-order valence-electron chi connectivity index (χ4n) is 2.06. The zero-order valence-electron chi connectivity index (χ0n) is 13.3. The van der Waals surface area contributed by atoms with E-state index in [2.05, 4.69) is 20.5 Å². The molecule has 1 amide bonds. The maximum atomic E-state index is 13.6. The second-order valence-electron chi connectivity index (χ2n) is 5.21. The van der Waals surface area contributed by atoms with Crippen LogP contribution in [0.25, 0.3) is 0 Å². The van der Waals surface area contributed by atoms with Crippen LogP contribution in [0, 0.1) is 5.82 Å². The van der Waals surface area contributed by atoms with Crippen LogP contribution in [0.1, 0.15) is 21.9 Å². The maximum Gasteiger partial charge on any atom is 0.335 e. The molecule has 0 unspecified atom stereocenters. The van der Waals surface area contributed by atoms with Crippen molar-refractivity contribution in [1.29, 1.82) is 0 Å². The summed E-state index contributed by atoms with van der Waals surface area (Å²) < 4.78 is 43.2. The quantitative estimate of drug-likeness (QED) is 0.693. The summed E-state index contributed by atoms with van der Waals surface area (Å²) in [4.78, 5) is 15.8. The number of benzene rings is 1. The Morgan fingerprint density at radius 3 is 2.62 bits per heavy atom. The third-order valence-corrected chi connectivity index (χ3v) is 4.70. The van der Waals surface area contributed by atoms with Gasteiger partial charge in [0.2, 0.25) is 15.7 Å². The Kier molecular flexibility index (Phi) is 5.03. The molecule has 0 atom stereocenters. The van der Waals surface area contributed by atoms with Crippen LogP contribution in [-0.2, 0) is 22.1 Å². The van der Waals surface area contributed by atoms with Crippen molar-refractivity contribution < 1.29 is 22.0 Å². The van der Waals surface area contributed by atoms with Crippen molar-refractivity contribution in [2.24, 2.45) is 0 Å². The number of pyridine rings is 1. The highest BCUT2D eigenvalue weighted by atomic mass is 32.2. The Bertz CT molecular complexity index is 1020.